The molecule has 0 radical (unpaired) electrons. The van der Waals surface area contributed by atoms with Gasteiger partial charge in [0.15, 0.2) is 0 Å². The maximum Gasteiger partial charge on any atom is 0.414 e. The van der Waals surface area contributed by atoms with Crippen molar-refractivity contribution in [3.63, 3.8) is 0 Å². The van der Waals surface area contributed by atoms with Crippen molar-refractivity contribution in [3.8, 4) is 0 Å². The van der Waals surface area contributed by atoms with E-state index in [0.29, 0.717) is 25.1 Å². The predicted octanol–water partition coefficient (Wildman–Crippen LogP) is 4.03. The Kier molecular flexibility index (Phi) is 6.02. The van der Waals surface area contributed by atoms with Gasteiger partial charge in [0.25, 0.3) is 5.56 Å². The molecule has 2 aromatic carbocycles. The van der Waals surface area contributed by atoms with Crippen molar-refractivity contribution in [3.05, 3.63) is 94.0 Å². The number of hydrogen-bond acceptors (Lipinski definition) is 5. The van der Waals surface area contributed by atoms with Gasteiger partial charge in [0.1, 0.15) is 24.5 Å². The molecule has 7 nitrogen and oxygen atoms in total. The first kappa shape index (κ1) is 22.1. The Hall–Kier alpha value is -3.72. The number of ether oxygens (including phenoxy) is 1. The zero-order valence-corrected chi connectivity index (χ0v) is 18.3. The Balaban J connectivity index is 1.35. The lowest BCUT2D eigenvalue weighted by Gasteiger charge is -2.27. The Morgan fingerprint density at radius 3 is 2.44 bits per heavy atom. The molecule has 0 spiro atoms. The van der Waals surface area contributed by atoms with Crippen LogP contribution in [0.3, 0.4) is 0 Å². The Morgan fingerprint density at radius 1 is 1.03 bits per heavy atom. The molecule has 34 heavy (non-hydrogen) atoms. The zero-order valence-electron chi connectivity index (χ0n) is 18.3. The van der Waals surface area contributed by atoms with Gasteiger partial charge in [0.2, 0.25) is 0 Å². The molecular formula is C25H23F2N3O4. The van der Waals surface area contributed by atoms with Gasteiger partial charge in [0, 0.05) is 31.3 Å². The highest BCUT2D eigenvalue weighted by molar-refractivity contribution is 5.90. The summed E-state index contributed by atoms with van der Waals surface area (Å²) in [6.45, 7) is 2.01. The molecule has 5 rings (SSSR count). The molecule has 3 aromatic rings. The minimum absolute atomic E-state index is 0.00493. The lowest BCUT2D eigenvalue weighted by Crippen LogP contribution is -2.38. The van der Waals surface area contributed by atoms with Crippen molar-refractivity contribution < 1.29 is 22.8 Å². The van der Waals surface area contributed by atoms with Gasteiger partial charge in [-0.3, -0.25) is 14.6 Å². The highest BCUT2D eigenvalue weighted by atomic mass is 19.1. The molecule has 1 atom stereocenters. The maximum absolute atomic E-state index is 15.1. The Morgan fingerprint density at radius 2 is 1.79 bits per heavy atom. The summed E-state index contributed by atoms with van der Waals surface area (Å²) in [5, 5.41) is 0. The van der Waals surface area contributed by atoms with Gasteiger partial charge in [-0.05, 0) is 29.7 Å². The number of carbonyl (C=O) groups excluding carboxylic acids is 1. The van der Waals surface area contributed by atoms with Crippen LogP contribution in [0.5, 0.6) is 0 Å². The van der Waals surface area contributed by atoms with Crippen LogP contribution < -0.4 is 10.5 Å². The SMILES string of the molecule is O=C1OC[C@@H](Cn2occc2=O)N1c1cc(F)c(C2=CCN(Cc3ccccc3)CC2)c(F)c1. The maximum atomic E-state index is 15.1. The van der Waals surface area contributed by atoms with E-state index < -0.39 is 23.8 Å². The lowest BCUT2D eigenvalue weighted by atomic mass is 9.97. The summed E-state index contributed by atoms with van der Waals surface area (Å²) in [5.74, 6) is -1.49. The third-order valence-electron chi connectivity index (χ3n) is 6.15. The van der Waals surface area contributed by atoms with Gasteiger partial charge in [-0.25, -0.2) is 13.6 Å². The largest absolute Gasteiger partial charge is 0.447 e. The molecular weight excluding hydrogens is 444 g/mol. The van der Waals surface area contributed by atoms with Crippen LogP contribution >= 0.6 is 0 Å². The first-order valence-electron chi connectivity index (χ1n) is 11.0. The number of halogens is 2. The van der Waals surface area contributed by atoms with Crippen molar-refractivity contribution in [2.75, 3.05) is 24.6 Å². The van der Waals surface area contributed by atoms with Crippen LogP contribution in [0.1, 0.15) is 17.5 Å². The molecule has 0 bridgehead atoms. The summed E-state index contributed by atoms with van der Waals surface area (Å²) < 4.78 is 41.5. The molecule has 2 aliphatic heterocycles. The molecule has 0 unspecified atom stereocenters. The molecule has 176 valence electrons. The molecule has 1 saturated heterocycles. The van der Waals surface area contributed by atoms with Crippen molar-refractivity contribution in [2.24, 2.45) is 0 Å². The van der Waals surface area contributed by atoms with Gasteiger partial charge in [-0.1, -0.05) is 36.4 Å². The van der Waals surface area contributed by atoms with E-state index >= 15 is 8.78 Å². The molecule has 1 fully saturated rings. The highest BCUT2D eigenvalue weighted by Gasteiger charge is 2.36. The summed E-state index contributed by atoms with van der Waals surface area (Å²) in [5.41, 5.74) is 1.37. The third-order valence-corrected chi connectivity index (χ3v) is 6.15. The molecule has 2 aliphatic rings. The summed E-state index contributed by atoms with van der Waals surface area (Å²) in [6.07, 6.45) is 2.86. The average Bonchev–Trinajstić information content (AvgIpc) is 3.40. The minimum Gasteiger partial charge on any atom is -0.447 e. The number of aromatic nitrogens is 1. The topological polar surface area (TPSA) is 67.9 Å². The average molecular weight is 467 g/mol. The molecule has 0 aliphatic carbocycles. The van der Waals surface area contributed by atoms with Crippen LogP contribution in [0.2, 0.25) is 0 Å². The number of rotatable bonds is 6. The van der Waals surface area contributed by atoms with Crippen molar-refractivity contribution in [1.29, 1.82) is 0 Å². The summed E-state index contributed by atoms with van der Waals surface area (Å²) in [7, 11) is 0. The number of cyclic esters (lactones) is 1. The molecule has 0 N–H and O–H groups in total. The number of hydrogen-bond donors (Lipinski definition) is 0. The van der Waals surface area contributed by atoms with E-state index in [-0.39, 0.29) is 30.0 Å². The van der Waals surface area contributed by atoms with Gasteiger partial charge in [0.05, 0.1) is 18.3 Å². The van der Waals surface area contributed by atoms with Gasteiger partial charge in [-0.2, -0.15) is 4.74 Å². The monoisotopic (exact) mass is 467 g/mol. The summed E-state index contributed by atoms with van der Waals surface area (Å²) in [6, 6.07) is 12.9. The van der Waals surface area contributed by atoms with Crippen LogP contribution in [0, 0.1) is 11.6 Å². The van der Waals surface area contributed by atoms with Crippen LogP contribution in [0.15, 0.2) is 70.2 Å². The first-order valence-corrected chi connectivity index (χ1v) is 11.0. The second-order valence-electron chi connectivity index (χ2n) is 8.39. The molecule has 1 amide bonds. The number of nitrogens with zero attached hydrogens (tertiary/aromatic N) is 3. The van der Waals surface area contributed by atoms with Crippen LogP contribution in [-0.4, -0.2) is 41.5 Å². The van der Waals surface area contributed by atoms with E-state index in [1.807, 2.05) is 24.3 Å². The second kappa shape index (κ2) is 9.26. The fourth-order valence-corrected chi connectivity index (χ4v) is 4.46. The third kappa shape index (κ3) is 4.38. The quantitative estimate of drug-likeness (QED) is 0.548. The Bertz CT molecular complexity index is 1260. The van der Waals surface area contributed by atoms with Crippen molar-refractivity contribution in [2.45, 2.75) is 25.6 Å². The number of amides is 1. The number of benzene rings is 2. The van der Waals surface area contributed by atoms with E-state index in [2.05, 4.69) is 17.0 Å². The molecule has 0 saturated carbocycles. The smallest absolute Gasteiger partial charge is 0.414 e. The van der Waals surface area contributed by atoms with Gasteiger partial charge in [-0.15, -0.1) is 0 Å². The van der Waals surface area contributed by atoms with Crippen molar-refractivity contribution in [1.82, 2.24) is 9.64 Å². The van der Waals surface area contributed by atoms with Crippen LogP contribution in [-0.2, 0) is 17.8 Å². The zero-order chi connectivity index (χ0) is 23.7. The van der Waals surface area contributed by atoms with E-state index in [4.69, 9.17) is 9.26 Å². The standard InChI is InChI=1S/C25H23F2N3O4/c26-21-12-19(30-20(16-33-25(30)32)15-29-23(31)8-11-34-29)13-22(27)24(21)18-6-9-28(10-7-18)14-17-4-2-1-3-5-17/h1-6,8,11-13,20H,7,9-10,14-16H2/t20-/m1/s1. The fourth-order valence-electron chi connectivity index (χ4n) is 4.46. The van der Waals surface area contributed by atoms with Gasteiger partial charge < -0.3 is 9.26 Å². The number of carbonyl (C=O) groups is 1. The van der Waals surface area contributed by atoms with E-state index in [0.717, 1.165) is 28.3 Å². The summed E-state index contributed by atoms with van der Waals surface area (Å²) >= 11 is 0. The number of anilines is 1. The second-order valence-corrected chi connectivity index (χ2v) is 8.39. The first-order chi connectivity index (χ1) is 16.5. The minimum atomic E-state index is -0.744. The highest BCUT2D eigenvalue weighted by Crippen LogP contribution is 2.33. The van der Waals surface area contributed by atoms with Gasteiger partial charge >= 0.3 is 6.09 Å². The predicted molar refractivity (Wildman–Crippen MR) is 121 cm³/mol. The van der Waals surface area contributed by atoms with E-state index in [9.17, 15) is 9.59 Å². The fraction of sp³-hybridized carbons (Fsp3) is 0.280. The van der Waals surface area contributed by atoms with Crippen LogP contribution in [0.4, 0.5) is 19.3 Å². The van der Waals surface area contributed by atoms with E-state index in [1.54, 1.807) is 0 Å². The Labute approximate surface area is 194 Å². The molecule has 3 heterocycles. The van der Waals surface area contributed by atoms with Crippen molar-refractivity contribution >= 4 is 17.4 Å². The lowest BCUT2D eigenvalue weighted by molar-refractivity contribution is 0.174. The normalized spacial score (nSPS) is 18.8. The summed E-state index contributed by atoms with van der Waals surface area (Å²) in [4.78, 5) is 27.5. The van der Waals surface area contributed by atoms with Crippen LogP contribution in [0.25, 0.3) is 5.57 Å². The molecule has 9 heteroatoms. The molecule has 1 aromatic heterocycles. The van der Waals surface area contributed by atoms with E-state index in [1.165, 1.54) is 17.9 Å².